The number of rotatable bonds is 44. The Hall–Kier alpha value is -7.82. The van der Waals surface area contributed by atoms with Crippen LogP contribution < -0.4 is 29.6 Å². The van der Waals surface area contributed by atoms with Crippen LogP contribution in [-0.2, 0) is 82.5 Å². The third kappa shape index (κ3) is 23.9. The third-order valence-electron chi connectivity index (χ3n) is 14.5. The second kappa shape index (κ2) is 41.8. The molecule has 0 fully saturated rings. The van der Waals surface area contributed by atoms with E-state index in [0.29, 0.717) is 185 Å². The average Bonchev–Trinajstić information content (AvgIpc) is 0.805. The van der Waals surface area contributed by atoms with Gasteiger partial charge < -0.3 is 107 Å². The van der Waals surface area contributed by atoms with E-state index in [0.717, 1.165) is 0 Å². The van der Waals surface area contributed by atoms with Crippen molar-refractivity contribution in [1.29, 1.82) is 0 Å². The van der Waals surface area contributed by atoms with Crippen LogP contribution in [0.2, 0.25) is 0 Å². The summed E-state index contributed by atoms with van der Waals surface area (Å²) in [6.07, 6.45) is 0.649. The van der Waals surface area contributed by atoms with Crippen molar-refractivity contribution in [3.8, 4) is 46.0 Å². The third-order valence-corrected chi connectivity index (χ3v) is 14.5. The van der Waals surface area contributed by atoms with Crippen LogP contribution in [0.5, 0.6) is 46.0 Å². The Morgan fingerprint density at radius 1 is 0.309 bits per heavy atom. The Morgan fingerprint density at radius 3 is 0.787 bits per heavy atom. The lowest BCUT2D eigenvalue weighted by atomic mass is 9.90. The van der Waals surface area contributed by atoms with Gasteiger partial charge in [-0.15, -0.1) is 0 Å². The highest BCUT2D eigenvalue weighted by Crippen LogP contribution is 2.42. The summed E-state index contributed by atoms with van der Waals surface area (Å²) in [5.74, 6) is -1.44. The lowest BCUT2D eigenvalue weighted by Gasteiger charge is -2.24. The van der Waals surface area contributed by atoms with Gasteiger partial charge in [0, 0.05) is 87.8 Å². The van der Waals surface area contributed by atoms with Gasteiger partial charge in [0.05, 0.1) is 143 Å². The highest BCUT2D eigenvalue weighted by molar-refractivity contribution is 6.07. The van der Waals surface area contributed by atoms with E-state index < -0.39 is 34.8 Å². The number of ether oxygens (including phenoxy) is 16. The summed E-state index contributed by atoms with van der Waals surface area (Å²) in [6.45, 7) is 7.27. The molecular weight excluding hydrogens is 1220 g/mol. The Kier molecular flexibility index (Phi) is 32.7. The first-order chi connectivity index (χ1) is 46.0. The fraction of sp³-hybridized carbons (Fsp3) is 0.457. The van der Waals surface area contributed by atoms with E-state index in [1.54, 1.807) is 52.7 Å². The number of fused-ring (bicyclic) bond motifs is 8. The zero-order valence-electron chi connectivity index (χ0n) is 54.2. The number of aromatic hydroxyl groups is 4. The summed E-state index contributed by atoms with van der Waals surface area (Å²) in [4.78, 5) is 28.5. The molecule has 1 aliphatic carbocycles. The van der Waals surface area contributed by atoms with Crippen molar-refractivity contribution < 1.29 is 106 Å². The van der Waals surface area contributed by atoms with E-state index in [4.69, 9.17) is 75.8 Å². The molecular formula is C70H90N2O22. The van der Waals surface area contributed by atoms with E-state index in [2.05, 4.69) is 10.6 Å². The first kappa shape index (κ1) is 73.6. The first-order valence-corrected chi connectivity index (χ1v) is 31.3. The van der Waals surface area contributed by atoms with Crippen LogP contribution in [0.25, 0.3) is 0 Å². The van der Waals surface area contributed by atoms with E-state index in [1.807, 2.05) is 36.4 Å². The molecule has 1 aliphatic rings. The van der Waals surface area contributed by atoms with Crippen LogP contribution in [0.15, 0.2) is 97.1 Å². The van der Waals surface area contributed by atoms with Gasteiger partial charge in [0.2, 0.25) is 0 Å². The lowest BCUT2D eigenvalue weighted by Crippen LogP contribution is -2.17. The van der Waals surface area contributed by atoms with Gasteiger partial charge in [0.25, 0.3) is 11.8 Å². The second-order valence-electron chi connectivity index (χ2n) is 21.3. The number of para-hydroxylation sites is 4. The van der Waals surface area contributed by atoms with Gasteiger partial charge in [-0.2, -0.15) is 0 Å². The number of benzene rings is 6. The fourth-order valence-corrected chi connectivity index (χ4v) is 10.1. The van der Waals surface area contributed by atoms with Gasteiger partial charge in [-0.25, -0.2) is 0 Å². The molecule has 24 heteroatoms. The zero-order chi connectivity index (χ0) is 66.5. The number of amides is 2. The van der Waals surface area contributed by atoms with Crippen molar-refractivity contribution in [1.82, 2.24) is 0 Å². The summed E-state index contributed by atoms with van der Waals surface area (Å²) in [6, 6.07) is 27.2. The van der Waals surface area contributed by atoms with Crippen molar-refractivity contribution in [3.63, 3.8) is 0 Å². The Morgan fingerprint density at radius 2 is 0.532 bits per heavy atom. The largest absolute Gasteiger partial charge is 0.504 e. The molecule has 0 saturated heterocycles. The fourth-order valence-electron chi connectivity index (χ4n) is 10.1. The van der Waals surface area contributed by atoms with Gasteiger partial charge in [-0.3, -0.25) is 9.59 Å². The van der Waals surface area contributed by atoms with Crippen LogP contribution in [-0.4, -0.2) is 219 Å². The maximum atomic E-state index is 14.2. The number of hydrogen-bond donors (Lipinski definition) is 6. The minimum atomic E-state index is -0.681. The molecule has 6 N–H and O–H groups in total. The summed E-state index contributed by atoms with van der Waals surface area (Å²) in [5, 5.41) is 48.8. The predicted molar refractivity (Wildman–Crippen MR) is 348 cm³/mol. The number of anilines is 2. The molecule has 0 aromatic heterocycles. The van der Waals surface area contributed by atoms with Gasteiger partial charge in [-0.05, 0) is 70.8 Å². The molecule has 0 unspecified atom stereocenters. The smallest absolute Gasteiger partial charge is 0.259 e. The Balaban J connectivity index is 1.40. The highest BCUT2D eigenvalue weighted by atomic mass is 16.6. The normalized spacial score (nSPS) is 12.0. The van der Waals surface area contributed by atoms with Crippen LogP contribution in [0, 0.1) is 0 Å². The SMILES string of the molecule is COCCOCCOCCOc1c2cccc1Cc1cc(NC(=O)c3cccc(O)c3O)cc(c1OCCOCCOCCOC)Cc1cccc(c1OCCOCCOCCOC)Cc1cc(NC(=O)c3cccc(O)c3O)cc(c1OCCOCCOCCOC)C2. The first-order valence-electron chi connectivity index (χ1n) is 31.3. The lowest BCUT2D eigenvalue weighted by molar-refractivity contribution is 0.0177. The monoisotopic (exact) mass is 1310 g/mol. The van der Waals surface area contributed by atoms with Gasteiger partial charge in [0.15, 0.2) is 23.0 Å². The minimum absolute atomic E-state index is 0.112. The van der Waals surface area contributed by atoms with Crippen molar-refractivity contribution in [3.05, 3.63) is 153 Å². The molecule has 6 aromatic carbocycles. The van der Waals surface area contributed by atoms with Crippen molar-refractivity contribution in [2.24, 2.45) is 0 Å². The van der Waals surface area contributed by atoms with Crippen molar-refractivity contribution in [2.45, 2.75) is 25.7 Å². The molecule has 0 atom stereocenters. The van der Waals surface area contributed by atoms with Crippen LogP contribution >= 0.6 is 0 Å². The van der Waals surface area contributed by atoms with Crippen LogP contribution in [0.4, 0.5) is 11.4 Å². The number of phenols is 4. The summed E-state index contributed by atoms with van der Waals surface area (Å²) in [5.41, 5.74) is 5.77. The molecule has 0 radical (unpaired) electrons. The second-order valence-corrected chi connectivity index (χ2v) is 21.3. The minimum Gasteiger partial charge on any atom is -0.504 e. The summed E-state index contributed by atoms with van der Waals surface area (Å²) in [7, 11) is 6.43. The van der Waals surface area contributed by atoms with E-state index in [-0.39, 0.29) is 89.7 Å². The topological polar surface area (TPSA) is 287 Å². The Bertz CT molecular complexity index is 2950. The Labute approximate surface area is 549 Å². The number of nitrogens with one attached hydrogen (secondary N) is 2. The maximum absolute atomic E-state index is 14.2. The molecule has 7 rings (SSSR count). The summed E-state index contributed by atoms with van der Waals surface area (Å²) >= 11 is 0. The number of phenolic OH excluding ortho intramolecular Hbond substituents is 4. The van der Waals surface area contributed by atoms with Crippen molar-refractivity contribution >= 4 is 23.2 Å². The van der Waals surface area contributed by atoms with E-state index >= 15 is 0 Å². The van der Waals surface area contributed by atoms with E-state index in [9.17, 15) is 30.0 Å². The standard InChI is InChI=1S/C70H90N2O22/c1-79-17-21-83-25-29-87-33-37-91-65-49-9-5-10-50(65)42-54-46-58(72-70(78)60-14-8-16-62(74)64(60)76)48-56(68(54)94-40-36-90-32-28-86-24-20-82-4)44-52-12-6-11-51(66(52)92-38-34-88-30-26-84-22-18-80-2)43-55-47-57(71-69(77)59-13-7-15-61(73)63(59)75)45-53(41-49)67(55)93-39-35-89-31-27-85-23-19-81-3/h5-16,45-48,73-76H,17-44H2,1-4H3,(H,71,77)(H,72,78). The zero-order valence-corrected chi connectivity index (χ0v) is 54.2. The predicted octanol–water partition coefficient (Wildman–Crippen LogP) is 7.92. The van der Waals surface area contributed by atoms with Gasteiger partial charge >= 0.3 is 0 Å². The van der Waals surface area contributed by atoms with Gasteiger partial charge in [-0.1, -0.05) is 48.5 Å². The molecule has 0 saturated carbocycles. The average molecular weight is 1310 g/mol. The summed E-state index contributed by atoms with van der Waals surface area (Å²) < 4.78 is 94.6. The molecule has 94 heavy (non-hydrogen) atoms. The molecule has 6 aromatic rings. The van der Waals surface area contributed by atoms with Gasteiger partial charge in [0.1, 0.15) is 49.4 Å². The van der Waals surface area contributed by atoms with Crippen LogP contribution in [0.1, 0.15) is 65.2 Å². The molecule has 8 bridgehead atoms. The highest BCUT2D eigenvalue weighted by Gasteiger charge is 2.26. The maximum Gasteiger partial charge on any atom is 0.259 e. The molecule has 2 amide bonds. The number of carbonyl (C=O) groups excluding carboxylic acids is 2. The molecule has 0 aliphatic heterocycles. The number of methoxy groups -OCH3 is 4. The molecule has 0 heterocycles. The van der Waals surface area contributed by atoms with E-state index in [1.165, 1.54) is 36.4 Å². The molecule has 24 nitrogen and oxygen atoms in total. The molecule has 512 valence electrons. The number of carbonyl (C=O) groups is 2. The van der Waals surface area contributed by atoms with Crippen LogP contribution in [0.3, 0.4) is 0 Å². The quantitative estimate of drug-likeness (QED) is 0.0156. The number of hydrogen-bond acceptors (Lipinski definition) is 22. The molecule has 0 spiro atoms. The van der Waals surface area contributed by atoms with Crippen molar-refractivity contribution in [2.75, 3.05) is 198 Å².